The maximum Gasteiger partial charge on any atom is 0.146 e. The van der Waals surface area contributed by atoms with Crippen molar-refractivity contribution >= 4 is 15.9 Å². The first-order valence-corrected chi connectivity index (χ1v) is 6.68. The summed E-state index contributed by atoms with van der Waals surface area (Å²) in [5, 5.41) is 10.2. The predicted octanol–water partition coefficient (Wildman–Crippen LogP) is 4.56. The van der Waals surface area contributed by atoms with Crippen molar-refractivity contribution in [1.29, 1.82) is 0 Å². The summed E-state index contributed by atoms with van der Waals surface area (Å²) < 4.78 is 27.8. The molecule has 19 heavy (non-hydrogen) atoms. The Morgan fingerprint density at radius 3 is 2.32 bits per heavy atom. The van der Waals surface area contributed by atoms with Gasteiger partial charge in [-0.15, -0.1) is 0 Å². The molecule has 0 amide bonds. The Labute approximate surface area is 119 Å². The minimum atomic E-state index is -1.24. The van der Waals surface area contributed by atoms with Gasteiger partial charge in [0.15, 0.2) is 0 Å². The van der Waals surface area contributed by atoms with Gasteiger partial charge in [0.1, 0.15) is 11.6 Å². The van der Waals surface area contributed by atoms with Crippen LogP contribution >= 0.6 is 15.9 Å². The van der Waals surface area contributed by atoms with Crippen LogP contribution in [0.25, 0.3) is 0 Å². The van der Waals surface area contributed by atoms with E-state index >= 15 is 0 Å². The van der Waals surface area contributed by atoms with E-state index in [4.69, 9.17) is 0 Å². The van der Waals surface area contributed by atoms with Crippen LogP contribution in [0, 0.1) is 11.6 Å². The van der Waals surface area contributed by atoms with Crippen LogP contribution in [0.15, 0.2) is 46.9 Å². The van der Waals surface area contributed by atoms with Crippen molar-refractivity contribution < 1.29 is 13.9 Å². The highest BCUT2D eigenvalue weighted by molar-refractivity contribution is 9.10. The van der Waals surface area contributed by atoms with Crippen LogP contribution < -0.4 is 0 Å². The van der Waals surface area contributed by atoms with Gasteiger partial charge < -0.3 is 5.11 Å². The molecule has 2 aromatic rings. The molecule has 1 nitrogen and oxygen atoms in total. The molecule has 2 unspecified atom stereocenters. The molecule has 0 saturated heterocycles. The van der Waals surface area contributed by atoms with Gasteiger partial charge in [0.05, 0.1) is 16.1 Å². The van der Waals surface area contributed by atoms with E-state index in [-0.39, 0.29) is 10.0 Å². The molecule has 0 aliphatic rings. The maximum atomic E-state index is 13.9. The normalized spacial score (nSPS) is 14.2. The minimum absolute atomic E-state index is 0.142. The summed E-state index contributed by atoms with van der Waals surface area (Å²) in [5.41, 5.74) is 0.527. The summed E-state index contributed by atoms with van der Waals surface area (Å²) in [4.78, 5) is 0. The fourth-order valence-electron chi connectivity index (χ4n) is 2.00. The average Bonchev–Trinajstić information content (AvgIpc) is 2.43. The number of aliphatic hydroxyl groups excluding tert-OH is 1. The smallest absolute Gasteiger partial charge is 0.146 e. The Balaban J connectivity index is 2.40. The predicted molar refractivity (Wildman–Crippen MR) is 73.9 cm³/mol. The van der Waals surface area contributed by atoms with Crippen molar-refractivity contribution in [3.05, 3.63) is 69.7 Å². The molecule has 0 aliphatic heterocycles. The molecule has 1 N–H and O–H groups in total. The van der Waals surface area contributed by atoms with E-state index in [1.54, 1.807) is 6.92 Å². The van der Waals surface area contributed by atoms with Gasteiger partial charge in [-0.1, -0.05) is 37.3 Å². The number of halogens is 3. The molecule has 2 aromatic carbocycles. The molecule has 0 spiro atoms. The van der Waals surface area contributed by atoms with Crippen molar-refractivity contribution in [2.75, 3.05) is 0 Å². The van der Waals surface area contributed by atoms with E-state index in [9.17, 15) is 13.9 Å². The van der Waals surface area contributed by atoms with Crippen LogP contribution in [0.2, 0.25) is 0 Å². The van der Waals surface area contributed by atoms with Crippen molar-refractivity contribution in [3.63, 3.8) is 0 Å². The summed E-state index contributed by atoms with van der Waals surface area (Å²) in [6.45, 7) is 1.74. The molecule has 0 saturated carbocycles. The highest BCUT2D eigenvalue weighted by Gasteiger charge is 2.25. The topological polar surface area (TPSA) is 20.2 Å². The fraction of sp³-hybridized carbons (Fsp3) is 0.200. The highest BCUT2D eigenvalue weighted by atomic mass is 79.9. The third-order valence-electron chi connectivity index (χ3n) is 3.17. The van der Waals surface area contributed by atoms with Crippen molar-refractivity contribution in [1.82, 2.24) is 0 Å². The number of hydrogen-bond acceptors (Lipinski definition) is 1. The van der Waals surface area contributed by atoms with Crippen LogP contribution in [-0.2, 0) is 0 Å². The zero-order valence-corrected chi connectivity index (χ0v) is 11.9. The third kappa shape index (κ3) is 2.85. The van der Waals surface area contributed by atoms with E-state index < -0.39 is 23.7 Å². The van der Waals surface area contributed by atoms with E-state index in [1.165, 1.54) is 6.07 Å². The lowest BCUT2D eigenvalue weighted by molar-refractivity contribution is 0.142. The molecule has 0 radical (unpaired) electrons. The largest absolute Gasteiger partial charge is 0.388 e. The van der Waals surface area contributed by atoms with Gasteiger partial charge in [-0.3, -0.25) is 0 Å². The average molecular weight is 327 g/mol. The van der Waals surface area contributed by atoms with Gasteiger partial charge in [0.25, 0.3) is 0 Å². The Morgan fingerprint density at radius 1 is 1.05 bits per heavy atom. The zero-order valence-electron chi connectivity index (χ0n) is 10.3. The lowest BCUT2D eigenvalue weighted by Gasteiger charge is -2.21. The summed E-state index contributed by atoms with van der Waals surface area (Å²) in [6, 6.07) is 11.6. The third-order valence-corrected chi connectivity index (χ3v) is 3.79. The van der Waals surface area contributed by atoms with E-state index in [0.717, 1.165) is 11.6 Å². The molecule has 0 aromatic heterocycles. The second-order valence-corrected chi connectivity index (χ2v) is 5.26. The maximum absolute atomic E-state index is 13.9. The first-order chi connectivity index (χ1) is 9.02. The second kappa shape index (κ2) is 5.80. The molecule has 4 heteroatoms. The Hall–Kier alpha value is -1.26. The molecule has 0 heterocycles. The SMILES string of the molecule is CC(c1ccccc1)C(O)c1c(F)ccc(Br)c1F. The first-order valence-electron chi connectivity index (χ1n) is 5.88. The molecular weight excluding hydrogens is 314 g/mol. The number of hydrogen-bond donors (Lipinski definition) is 1. The molecule has 2 rings (SSSR count). The monoisotopic (exact) mass is 326 g/mol. The second-order valence-electron chi connectivity index (χ2n) is 4.40. The number of rotatable bonds is 3. The molecule has 0 fully saturated rings. The zero-order chi connectivity index (χ0) is 14.0. The van der Waals surface area contributed by atoms with Crippen LogP contribution in [0.1, 0.15) is 30.1 Å². The molecular formula is C15H13BrF2O. The van der Waals surface area contributed by atoms with Gasteiger partial charge >= 0.3 is 0 Å². The van der Waals surface area contributed by atoms with E-state index in [0.29, 0.717) is 0 Å². The number of aliphatic hydroxyl groups is 1. The summed E-state index contributed by atoms with van der Waals surface area (Å²) in [5.74, 6) is -1.90. The lowest BCUT2D eigenvalue weighted by Crippen LogP contribution is -2.12. The Morgan fingerprint density at radius 2 is 1.68 bits per heavy atom. The molecule has 100 valence electrons. The van der Waals surface area contributed by atoms with Gasteiger partial charge in [-0.25, -0.2) is 8.78 Å². The van der Waals surface area contributed by atoms with Gasteiger partial charge in [0, 0.05) is 5.92 Å². The molecule has 0 bridgehead atoms. The van der Waals surface area contributed by atoms with Crippen molar-refractivity contribution in [3.8, 4) is 0 Å². The summed E-state index contributed by atoms with van der Waals surface area (Å²) in [7, 11) is 0. The Bertz CT molecular complexity index is 572. The van der Waals surface area contributed by atoms with Crippen LogP contribution in [0.3, 0.4) is 0 Å². The van der Waals surface area contributed by atoms with Gasteiger partial charge in [0.2, 0.25) is 0 Å². The quantitative estimate of drug-likeness (QED) is 0.819. The van der Waals surface area contributed by atoms with Gasteiger partial charge in [-0.2, -0.15) is 0 Å². The number of benzene rings is 2. The van der Waals surface area contributed by atoms with Crippen LogP contribution in [0.5, 0.6) is 0 Å². The first kappa shape index (κ1) is 14.2. The van der Waals surface area contributed by atoms with Gasteiger partial charge in [-0.05, 0) is 33.6 Å². The van der Waals surface area contributed by atoms with Crippen molar-refractivity contribution in [2.24, 2.45) is 0 Å². The Kier molecular flexibility index (Phi) is 4.32. The summed E-state index contributed by atoms with van der Waals surface area (Å²) >= 11 is 3.00. The molecule has 2 atom stereocenters. The minimum Gasteiger partial charge on any atom is -0.388 e. The summed E-state index contributed by atoms with van der Waals surface area (Å²) in [6.07, 6.45) is -1.24. The highest BCUT2D eigenvalue weighted by Crippen LogP contribution is 2.35. The van der Waals surface area contributed by atoms with Crippen LogP contribution in [0.4, 0.5) is 8.78 Å². The van der Waals surface area contributed by atoms with E-state index in [1.807, 2.05) is 30.3 Å². The molecule has 0 aliphatic carbocycles. The van der Waals surface area contributed by atoms with Crippen molar-refractivity contribution in [2.45, 2.75) is 18.9 Å². The lowest BCUT2D eigenvalue weighted by atomic mass is 9.90. The van der Waals surface area contributed by atoms with Crippen LogP contribution in [-0.4, -0.2) is 5.11 Å². The van der Waals surface area contributed by atoms with E-state index in [2.05, 4.69) is 15.9 Å². The standard InChI is InChI=1S/C15H13BrF2O/c1-9(10-5-3-2-4-6-10)15(19)13-12(17)8-7-11(16)14(13)18/h2-9,15,19H,1H3. The fourth-order valence-corrected chi connectivity index (χ4v) is 2.35.